The highest BCUT2D eigenvalue weighted by atomic mass is 32.1. The number of rotatable bonds is 6. The molecule has 1 aromatic heterocycles. The minimum absolute atomic E-state index is 0.000290. The minimum atomic E-state index is -0.495. The molecular weight excluding hydrogens is 358 g/mol. The Morgan fingerprint density at radius 1 is 1.27 bits per heavy atom. The van der Waals surface area contributed by atoms with Crippen LogP contribution in [-0.2, 0) is 19.1 Å². The van der Waals surface area contributed by atoms with Gasteiger partial charge in [-0.3, -0.25) is 9.59 Å². The van der Waals surface area contributed by atoms with E-state index in [1.54, 1.807) is 11.6 Å². The van der Waals surface area contributed by atoms with Gasteiger partial charge in [-0.15, -0.1) is 11.3 Å². The molecule has 1 aromatic rings. The van der Waals surface area contributed by atoms with Gasteiger partial charge in [0.15, 0.2) is 5.13 Å². The fraction of sp³-hybridized carbons (Fsp3) is 0.706. The lowest BCUT2D eigenvalue weighted by Crippen LogP contribution is -2.52. The molecule has 3 heterocycles. The van der Waals surface area contributed by atoms with Gasteiger partial charge in [0, 0.05) is 30.7 Å². The van der Waals surface area contributed by atoms with E-state index in [0.717, 1.165) is 12.8 Å². The first-order chi connectivity index (χ1) is 12.7. The van der Waals surface area contributed by atoms with Crippen molar-refractivity contribution in [3.63, 3.8) is 0 Å². The largest absolute Gasteiger partial charge is 0.394 e. The van der Waals surface area contributed by atoms with Crippen molar-refractivity contribution in [1.29, 1.82) is 0 Å². The molecule has 0 radical (unpaired) electrons. The lowest BCUT2D eigenvalue weighted by molar-refractivity contribution is -0.137. The predicted molar refractivity (Wildman–Crippen MR) is 95.8 cm³/mol. The number of hydrogen-bond acceptors (Lipinski definition) is 7. The molecule has 0 aliphatic carbocycles. The third-order valence-corrected chi connectivity index (χ3v) is 5.50. The molecule has 3 N–H and O–H groups in total. The number of carbonyl (C=O) groups excluding carboxylic acids is 2. The highest BCUT2D eigenvalue weighted by Gasteiger charge is 2.34. The van der Waals surface area contributed by atoms with E-state index in [1.165, 1.54) is 11.3 Å². The molecule has 9 heteroatoms. The summed E-state index contributed by atoms with van der Waals surface area (Å²) < 4.78 is 11.1. The number of nitrogens with one attached hydrogen (secondary N) is 2. The monoisotopic (exact) mass is 383 g/mol. The number of aromatic nitrogens is 1. The van der Waals surface area contributed by atoms with Crippen molar-refractivity contribution in [3.05, 3.63) is 11.6 Å². The van der Waals surface area contributed by atoms with Crippen LogP contribution in [0.1, 0.15) is 32.1 Å². The third-order valence-electron chi connectivity index (χ3n) is 4.81. The van der Waals surface area contributed by atoms with Crippen LogP contribution in [0.25, 0.3) is 0 Å². The molecule has 2 aliphatic rings. The summed E-state index contributed by atoms with van der Waals surface area (Å²) in [5.74, 6) is -0.198. The second kappa shape index (κ2) is 9.40. The number of hydrogen-bond donors (Lipinski definition) is 3. The minimum Gasteiger partial charge on any atom is -0.394 e. The van der Waals surface area contributed by atoms with Gasteiger partial charge >= 0.3 is 0 Å². The zero-order valence-electron chi connectivity index (χ0n) is 14.6. The Morgan fingerprint density at radius 3 is 2.77 bits per heavy atom. The fourth-order valence-electron chi connectivity index (χ4n) is 3.37. The lowest BCUT2D eigenvalue weighted by atomic mass is 9.94. The summed E-state index contributed by atoms with van der Waals surface area (Å²) in [4.78, 5) is 28.5. The number of anilines is 1. The van der Waals surface area contributed by atoms with Crippen molar-refractivity contribution in [2.75, 3.05) is 25.1 Å². The standard InChI is InChI=1S/C17H25N3O5S/c21-10-14-13(19-16(23)11-3-6-24-7-4-11)2-1-12(25-14)9-15(22)20-17-18-5-8-26-17/h5,8,11-14,21H,1-4,6-7,9-10H2,(H,19,23)(H,18,20,22)/t12-,13-,14+/m1/s1. The second-order valence-corrected chi connectivity index (χ2v) is 7.54. The molecule has 0 saturated carbocycles. The third kappa shape index (κ3) is 5.23. The van der Waals surface area contributed by atoms with Crippen molar-refractivity contribution < 1.29 is 24.2 Å². The first kappa shape index (κ1) is 19.2. The zero-order valence-corrected chi connectivity index (χ0v) is 15.4. The van der Waals surface area contributed by atoms with Crippen molar-refractivity contribution in [1.82, 2.24) is 10.3 Å². The van der Waals surface area contributed by atoms with E-state index in [0.29, 0.717) is 31.2 Å². The summed E-state index contributed by atoms with van der Waals surface area (Å²) in [6, 6.07) is -0.228. The fourth-order valence-corrected chi connectivity index (χ4v) is 3.91. The smallest absolute Gasteiger partial charge is 0.228 e. The molecule has 2 aliphatic heterocycles. The average molecular weight is 383 g/mol. The van der Waals surface area contributed by atoms with Gasteiger partial charge in [-0.2, -0.15) is 0 Å². The van der Waals surface area contributed by atoms with Crippen molar-refractivity contribution >= 4 is 28.3 Å². The highest BCUT2D eigenvalue weighted by Crippen LogP contribution is 2.24. The van der Waals surface area contributed by atoms with E-state index < -0.39 is 6.10 Å². The Labute approximate surface area is 156 Å². The number of nitrogens with zero attached hydrogens (tertiary/aromatic N) is 1. The Hall–Kier alpha value is -1.55. The Balaban J connectivity index is 1.46. The Bertz CT molecular complexity index is 591. The Morgan fingerprint density at radius 2 is 2.08 bits per heavy atom. The average Bonchev–Trinajstić information content (AvgIpc) is 3.16. The zero-order chi connectivity index (χ0) is 18.4. The summed E-state index contributed by atoms with van der Waals surface area (Å²) in [7, 11) is 0. The molecule has 3 rings (SSSR count). The molecule has 2 saturated heterocycles. The second-order valence-electron chi connectivity index (χ2n) is 6.65. The number of aliphatic hydroxyl groups is 1. The molecule has 0 aromatic carbocycles. The van der Waals surface area contributed by atoms with Gasteiger partial charge in [-0.05, 0) is 25.7 Å². The number of aliphatic hydroxyl groups excluding tert-OH is 1. The number of amides is 2. The molecule has 0 unspecified atom stereocenters. The normalized spacial score (nSPS) is 27.0. The van der Waals surface area contributed by atoms with Gasteiger partial charge in [0.25, 0.3) is 0 Å². The first-order valence-corrected chi connectivity index (χ1v) is 9.87. The van der Waals surface area contributed by atoms with Crippen LogP contribution >= 0.6 is 11.3 Å². The summed E-state index contributed by atoms with van der Waals surface area (Å²) in [6.07, 6.45) is 3.84. The number of thiazole rings is 1. The highest BCUT2D eigenvalue weighted by molar-refractivity contribution is 7.13. The van der Waals surface area contributed by atoms with Crippen LogP contribution in [0.2, 0.25) is 0 Å². The molecule has 8 nitrogen and oxygen atoms in total. The maximum absolute atomic E-state index is 12.4. The quantitative estimate of drug-likeness (QED) is 0.674. The van der Waals surface area contributed by atoms with Crippen LogP contribution in [-0.4, -0.2) is 60.0 Å². The molecule has 2 amide bonds. The predicted octanol–water partition coefficient (Wildman–Crippen LogP) is 0.923. The van der Waals surface area contributed by atoms with Gasteiger partial charge in [0.2, 0.25) is 11.8 Å². The molecule has 144 valence electrons. The van der Waals surface area contributed by atoms with Gasteiger partial charge < -0.3 is 25.2 Å². The van der Waals surface area contributed by atoms with Crippen molar-refractivity contribution in [3.8, 4) is 0 Å². The van der Waals surface area contributed by atoms with E-state index in [9.17, 15) is 14.7 Å². The Kier molecular flexibility index (Phi) is 6.95. The molecular formula is C17H25N3O5S. The summed E-state index contributed by atoms with van der Waals surface area (Å²) in [5, 5.41) is 17.7. The maximum atomic E-state index is 12.4. The van der Waals surface area contributed by atoms with Gasteiger partial charge in [-0.25, -0.2) is 4.98 Å². The van der Waals surface area contributed by atoms with E-state index in [-0.39, 0.29) is 42.9 Å². The number of ether oxygens (including phenoxy) is 2. The first-order valence-electron chi connectivity index (χ1n) is 8.99. The summed E-state index contributed by atoms with van der Waals surface area (Å²) in [5.41, 5.74) is 0. The molecule has 26 heavy (non-hydrogen) atoms. The summed E-state index contributed by atoms with van der Waals surface area (Å²) in [6.45, 7) is 1.03. The van der Waals surface area contributed by atoms with E-state index in [4.69, 9.17) is 9.47 Å². The summed E-state index contributed by atoms with van der Waals surface area (Å²) >= 11 is 1.36. The van der Waals surface area contributed by atoms with Gasteiger partial charge in [-0.1, -0.05) is 0 Å². The van der Waals surface area contributed by atoms with Gasteiger partial charge in [0.05, 0.1) is 25.2 Å². The van der Waals surface area contributed by atoms with Crippen LogP contribution in [0.4, 0.5) is 5.13 Å². The molecule has 0 bridgehead atoms. The number of carbonyl (C=O) groups is 2. The maximum Gasteiger partial charge on any atom is 0.228 e. The van der Waals surface area contributed by atoms with Gasteiger partial charge in [0.1, 0.15) is 6.10 Å². The molecule has 0 spiro atoms. The van der Waals surface area contributed by atoms with Crippen LogP contribution in [0, 0.1) is 5.92 Å². The van der Waals surface area contributed by atoms with E-state index in [2.05, 4.69) is 15.6 Å². The van der Waals surface area contributed by atoms with E-state index >= 15 is 0 Å². The molecule has 3 atom stereocenters. The van der Waals surface area contributed by atoms with Crippen LogP contribution in [0.5, 0.6) is 0 Å². The van der Waals surface area contributed by atoms with Crippen molar-refractivity contribution in [2.24, 2.45) is 5.92 Å². The van der Waals surface area contributed by atoms with Crippen LogP contribution < -0.4 is 10.6 Å². The molecule has 2 fully saturated rings. The van der Waals surface area contributed by atoms with E-state index in [1.807, 2.05) is 0 Å². The topological polar surface area (TPSA) is 110 Å². The SMILES string of the molecule is O=C(C[C@H]1CC[C@@H](NC(=O)C2CCOCC2)[C@H](CO)O1)Nc1nccs1. The lowest BCUT2D eigenvalue weighted by Gasteiger charge is -2.36. The van der Waals surface area contributed by atoms with Crippen LogP contribution in [0.15, 0.2) is 11.6 Å². The van der Waals surface area contributed by atoms with Crippen LogP contribution in [0.3, 0.4) is 0 Å². The van der Waals surface area contributed by atoms with Crippen molar-refractivity contribution in [2.45, 2.75) is 50.4 Å².